The summed E-state index contributed by atoms with van der Waals surface area (Å²) in [5.74, 6) is -0.638. The van der Waals surface area contributed by atoms with Crippen LogP contribution in [0.15, 0.2) is 47.6 Å². The third-order valence-electron chi connectivity index (χ3n) is 3.38. The predicted molar refractivity (Wildman–Crippen MR) is 85.3 cm³/mol. The summed E-state index contributed by atoms with van der Waals surface area (Å²) in [7, 11) is -2.26. The lowest BCUT2D eigenvalue weighted by atomic mass is 10.2. The van der Waals surface area contributed by atoms with Crippen molar-refractivity contribution in [2.24, 2.45) is 0 Å². The first-order valence-electron chi connectivity index (χ1n) is 7.22. The highest BCUT2D eigenvalue weighted by Gasteiger charge is 2.22. The number of rotatable bonds is 7. The summed E-state index contributed by atoms with van der Waals surface area (Å²) in [5.41, 5.74) is 0.986. The second-order valence-corrected chi connectivity index (χ2v) is 7.00. The van der Waals surface area contributed by atoms with Gasteiger partial charge in [-0.05, 0) is 49.2 Å². The summed E-state index contributed by atoms with van der Waals surface area (Å²) >= 11 is 0. The van der Waals surface area contributed by atoms with E-state index in [2.05, 4.69) is 4.98 Å². The molecular weight excluding hydrogens is 319 g/mol. The lowest BCUT2D eigenvalue weighted by Crippen LogP contribution is -2.29. The Morgan fingerprint density at radius 1 is 1.22 bits per heavy atom. The average molecular weight is 338 g/mol. The van der Waals surface area contributed by atoms with Crippen LogP contribution in [0, 0.1) is 5.82 Å². The van der Waals surface area contributed by atoms with E-state index < -0.39 is 15.8 Å². The van der Waals surface area contributed by atoms with Crippen molar-refractivity contribution in [1.82, 2.24) is 9.29 Å². The van der Waals surface area contributed by atoms with Crippen LogP contribution in [0.3, 0.4) is 0 Å². The maximum Gasteiger partial charge on any atom is 0.242 e. The van der Waals surface area contributed by atoms with Gasteiger partial charge in [-0.25, -0.2) is 17.1 Å². The molecule has 1 aromatic carbocycles. The molecule has 0 unspecified atom stereocenters. The first-order valence-corrected chi connectivity index (χ1v) is 8.66. The lowest BCUT2D eigenvalue weighted by Gasteiger charge is -2.17. The van der Waals surface area contributed by atoms with Crippen molar-refractivity contribution in [1.29, 1.82) is 0 Å². The molecule has 0 radical (unpaired) electrons. The largest absolute Gasteiger partial charge is 0.491 e. The second kappa shape index (κ2) is 7.52. The molecule has 0 bridgehead atoms. The van der Waals surface area contributed by atoms with E-state index in [0.717, 1.165) is 11.6 Å². The zero-order valence-electron chi connectivity index (χ0n) is 13.1. The topological polar surface area (TPSA) is 59.5 Å². The Morgan fingerprint density at radius 2 is 1.91 bits per heavy atom. The molecule has 0 aliphatic carbocycles. The number of hydrogen-bond acceptors (Lipinski definition) is 4. The molecule has 1 heterocycles. The quantitative estimate of drug-likeness (QED) is 0.778. The molecule has 23 heavy (non-hydrogen) atoms. The van der Waals surface area contributed by atoms with Crippen LogP contribution in [0.1, 0.15) is 12.5 Å². The van der Waals surface area contributed by atoms with Crippen molar-refractivity contribution in [3.63, 3.8) is 0 Å². The number of halogens is 1. The highest BCUT2D eigenvalue weighted by molar-refractivity contribution is 7.89. The summed E-state index contributed by atoms with van der Waals surface area (Å²) in [6, 6.07) is 7.34. The van der Waals surface area contributed by atoms with E-state index in [9.17, 15) is 12.8 Å². The Bertz CT molecular complexity index is 751. The van der Waals surface area contributed by atoms with Crippen LogP contribution >= 0.6 is 0 Å². The van der Waals surface area contributed by atoms with E-state index >= 15 is 0 Å². The molecule has 2 aromatic rings. The van der Waals surface area contributed by atoms with Gasteiger partial charge in [0.05, 0.1) is 11.5 Å². The second-order valence-electron chi connectivity index (χ2n) is 4.96. The summed E-state index contributed by atoms with van der Waals surface area (Å²) in [6.45, 7) is 2.34. The number of aromatic nitrogens is 1. The van der Waals surface area contributed by atoms with Gasteiger partial charge in [-0.3, -0.25) is 4.98 Å². The molecule has 0 fully saturated rings. The summed E-state index contributed by atoms with van der Waals surface area (Å²) in [6.07, 6.45) is 3.87. The van der Waals surface area contributed by atoms with Crippen LogP contribution in [-0.4, -0.2) is 37.9 Å². The van der Waals surface area contributed by atoms with Gasteiger partial charge in [0.15, 0.2) is 11.6 Å². The monoisotopic (exact) mass is 338 g/mol. The van der Waals surface area contributed by atoms with Crippen molar-refractivity contribution < 1.29 is 17.5 Å². The fraction of sp³-hybridized carbons (Fsp3) is 0.312. The minimum atomic E-state index is -3.74. The fourth-order valence-corrected chi connectivity index (χ4v) is 3.23. The van der Waals surface area contributed by atoms with E-state index in [1.165, 1.54) is 23.5 Å². The molecule has 0 saturated carbocycles. The van der Waals surface area contributed by atoms with Crippen LogP contribution in [0.2, 0.25) is 0 Å². The summed E-state index contributed by atoms with van der Waals surface area (Å²) in [4.78, 5) is 3.83. The summed E-state index contributed by atoms with van der Waals surface area (Å²) < 4.78 is 45.1. The molecule has 0 aliphatic rings. The standard InChI is InChI=1S/C16H19FN2O3S/c1-3-22-16-5-4-14(12-15(16)17)23(20,21)19(2)11-8-13-6-9-18-10-7-13/h4-7,9-10,12H,3,8,11H2,1-2H3. The van der Waals surface area contributed by atoms with Gasteiger partial charge in [0, 0.05) is 26.0 Å². The van der Waals surface area contributed by atoms with Crippen LogP contribution in [0.25, 0.3) is 0 Å². The van der Waals surface area contributed by atoms with Crippen LogP contribution < -0.4 is 4.74 Å². The Hall–Kier alpha value is -1.99. The molecule has 0 saturated heterocycles. The average Bonchev–Trinajstić information content (AvgIpc) is 2.55. The molecular formula is C16H19FN2O3S. The number of hydrogen-bond donors (Lipinski definition) is 0. The van der Waals surface area contributed by atoms with Gasteiger partial charge in [0.25, 0.3) is 0 Å². The molecule has 2 rings (SSSR count). The number of benzene rings is 1. The van der Waals surface area contributed by atoms with E-state index in [1.54, 1.807) is 19.3 Å². The van der Waals surface area contributed by atoms with Crippen molar-refractivity contribution in [3.05, 3.63) is 54.1 Å². The first-order chi connectivity index (χ1) is 10.9. The van der Waals surface area contributed by atoms with Gasteiger partial charge in [0.1, 0.15) is 0 Å². The molecule has 124 valence electrons. The molecule has 1 aromatic heterocycles. The molecule has 0 amide bonds. The number of sulfonamides is 1. The van der Waals surface area contributed by atoms with Gasteiger partial charge in [0.2, 0.25) is 10.0 Å². The van der Waals surface area contributed by atoms with E-state index in [0.29, 0.717) is 19.6 Å². The minimum Gasteiger partial charge on any atom is -0.491 e. The zero-order chi connectivity index (χ0) is 16.9. The smallest absolute Gasteiger partial charge is 0.242 e. The van der Waals surface area contributed by atoms with Crippen molar-refractivity contribution >= 4 is 10.0 Å². The van der Waals surface area contributed by atoms with E-state index in [1.807, 2.05) is 12.1 Å². The SMILES string of the molecule is CCOc1ccc(S(=O)(=O)N(C)CCc2ccncc2)cc1F. The van der Waals surface area contributed by atoms with Gasteiger partial charge in [-0.2, -0.15) is 0 Å². The number of nitrogens with zero attached hydrogens (tertiary/aromatic N) is 2. The minimum absolute atomic E-state index is 0.0471. The molecule has 0 atom stereocenters. The zero-order valence-corrected chi connectivity index (χ0v) is 13.9. The third kappa shape index (κ3) is 4.27. The van der Waals surface area contributed by atoms with Crippen molar-refractivity contribution in [2.45, 2.75) is 18.2 Å². The Morgan fingerprint density at radius 3 is 2.52 bits per heavy atom. The molecule has 7 heteroatoms. The van der Waals surface area contributed by atoms with E-state index in [4.69, 9.17) is 4.74 Å². The van der Waals surface area contributed by atoms with Crippen LogP contribution in [-0.2, 0) is 16.4 Å². The van der Waals surface area contributed by atoms with Crippen molar-refractivity contribution in [2.75, 3.05) is 20.2 Å². The molecule has 5 nitrogen and oxygen atoms in total. The van der Waals surface area contributed by atoms with Crippen molar-refractivity contribution in [3.8, 4) is 5.75 Å². The molecule has 0 N–H and O–H groups in total. The number of pyridine rings is 1. The van der Waals surface area contributed by atoms with Crippen LogP contribution in [0.4, 0.5) is 4.39 Å². The predicted octanol–water partition coefficient (Wildman–Crippen LogP) is 2.48. The molecule has 0 spiro atoms. The van der Waals surface area contributed by atoms with Gasteiger partial charge >= 0.3 is 0 Å². The molecule has 0 aliphatic heterocycles. The summed E-state index contributed by atoms with van der Waals surface area (Å²) in [5, 5.41) is 0. The Balaban J connectivity index is 2.12. The normalized spacial score (nSPS) is 11.7. The lowest BCUT2D eigenvalue weighted by molar-refractivity contribution is 0.321. The van der Waals surface area contributed by atoms with E-state index in [-0.39, 0.29) is 10.6 Å². The maximum atomic E-state index is 13.9. The van der Waals surface area contributed by atoms with Gasteiger partial charge < -0.3 is 4.74 Å². The van der Waals surface area contributed by atoms with Crippen LogP contribution in [0.5, 0.6) is 5.75 Å². The Kier molecular flexibility index (Phi) is 5.68. The number of ether oxygens (including phenoxy) is 1. The number of likely N-dealkylation sites (N-methyl/N-ethyl adjacent to an activating group) is 1. The Labute approximate surface area is 135 Å². The first kappa shape index (κ1) is 17.4. The van der Waals surface area contributed by atoms with Gasteiger partial charge in [-0.15, -0.1) is 0 Å². The fourth-order valence-electron chi connectivity index (χ4n) is 2.05. The van der Waals surface area contributed by atoms with Gasteiger partial charge in [-0.1, -0.05) is 0 Å². The third-order valence-corrected chi connectivity index (χ3v) is 5.23. The highest BCUT2D eigenvalue weighted by Crippen LogP contribution is 2.23. The highest BCUT2D eigenvalue weighted by atomic mass is 32.2. The maximum absolute atomic E-state index is 13.9.